The molecule has 2 aromatic rings. The smallest absolute Gasteiger partial charge is 0.253 e. The van der Waals surface area contributed by atoms with Gasteiger partial charge in [-0.3, -0.25) is 14.7 Å². The van der Waals surface area contributed by atoms with Crippen molar-refractivity contribution < 1.29 is 9.53 Å². The van der Waals surface area contributed by atoms with E-state index in [0.717, 1.165) is 37.5 Å². The fourth-order valence-corrected chi connectivity index (χ4v) is 3.19. The Kier molecular flexibility index (Phi) is 5.66. The quantitative estimate of drug-likeness (QED) is 0.840. The first-order valence-corrected chi connectivity index (χ1v) is 8.85. The van der Waals surface area contributed by atoms with E-state index in [-0.39, 0.29) is 5.91 Å². The normalized spacial score (nSPS) is 16.5. The van der Waals surface area contributed by atoms with Crippen LogP contribution in [0.5, 0.6) is 5.75 Å². The minimum Gasteiger partial charge on any atom is -0.494 e. The van der Waals surface area contributed by atoms with Gasteiger partial charge in [0.05, 0.1) is 6.61 Å². The number of benzene rings is 1. The third-order valence-corrected chi connectivity index (χ3v) is 4.73. The third kappa shape index (κ3) is 4.17. The number of hydrogen-bond donors (Lipinski definition) is 0. The van der Waals surface area contributed by atoms with Crippen LogP contribution in [-0.4, -0.2) is 53.5 Å². The van der Waals surface area contributed by atoms with E-state index in [0.29, 0.717) is 12.6 Å². The SMILES string of the molecule is CCOc1ccc(C(=O)N2CCN(C(C)c3cccnc3)CC2)cc1. The maximum Gasteiger partial charge on any atom is 0.253 e. The molecule has 0 N–H and O–H groups in total. The van der Waals surface area contributed by atoms with Crippen LogP contribution in [0.15, 0.2) is 48.8 Å². The Morgan fingerprint density at radius 1 is 1.16 bits per heavy atom. The second-order valence-electron chi connectivity index (χ2n) is 6.25. The lowest BCUT2D eigenvalue weighted by atomic mass is 10.1. The van der Waals surface area contributed by atoms with Crippen molar-refractivity contribution in [3.8, 4) is 5.75 Å². The zero-order valence-corrected chi connectivity index (χ0v) is 14.9. The predicted molar refractivity (Wildman–Crippen MR) is 97.7 cm³/mol. The van der Waals surface area contributed by atoms with Crippen molar-refractivity contribution in [2.75, 3.05) is 32.8 Å². The maximum atomic E-state index is 12.7. The second kappa shape index (κ2) is 8.12. The molecule has 0 aliphatic carbocycles. The summed E-state index contributed by atoms with van der Waals surface area (Å²) in [4.78, 5) is 21.2. The van der Waals surface area contributed by atoms with Crippen LogP contribution in [0.4, 0.5) is 0 Å². The maximum absolute atomic E-state index is 12.7. The molecule has 1 aliphatic rings. The lowest BCUT2D eigenvalue weighted by molar-refractivity contribution is 0.0582. The van der Waals surface area contributed by atoms with E-state index in [1.165, 1.54) is 5.56 Å². The van der Waals surface area contributed by atoms with Gasteiger partial charge in [0.15, 0.2) is 0 Å². The number of amides is 1. The number of piperazine rings is 1. The highest BCUT2D eigenvalue weighted by Gasteiger charge is 2.25. The Labute approximate surface area is 149 Å². The van der Waals surface area contributed by atoms with Gasteiger partial charge in [-0.15, -0.1) is 0 Å². The van der Waals surface area contributed by atoms with Crippen LogP contribution in [0.3, 0.4) is 0 Å². The van der Waals surface area contributed by atoms with E-state index < -0.39 is 0 Å². The molecule has 2 heterocycles. The highest BCUT2D eigenvalue weighted by Crippen LogP contribution is 2.21. The molecule has 1 fully saturated rings. The lowest BCUT2D eigenvalue weighted by Crippen LogP contribution is -2.49. The molecule has 1 atom stereocenters. The number of nitrogens with zero attached hydrogens (tertiary/aromatic N) is 3. The van der Waals surface area contributed by atoms with Gasteiger partial charge in [-0.2, -0.15) is 0 Å². The molecule has 132 valence electrons. The summed E-state index contributed by atoms with van der Waals surface area (Å²) in [6.45, 7) is 8.02. The monoisotopic (exact) mass is 339 g/mol. The average Bonchev–Trinajstić information content (AvgIpc) is 2.68. The van der Waals surface area contributed by atoms with E-state index in [2.05, 4.69) is 22.9 Å². The average molecular weight is 339 g/mol. The van der Waals surface area contributed by atoms with Crippen molar-refractivity contribution in [2.45, 2.75) is 19.9 Å². The van der Waals surface area contributed by atoms with Crippen molar-refractivity contribution in [1.29, 1.82) is 0 Å². The van der Waals surface area contributed by atoms with E-state index in [9.17, 15) is 4.79 Å². The first-order chi connectivity index (χ1) is 12.2. The highest BCUT2D eigenvalue weighted by molar-refractivity contribution is 5.94. The van der Waals surface area contributed by atoms with Crippen molar-refractivity contribution in [1.82, 2.24) is 14.8 Å². The van der Waals surface area contributed by atoms with Crippen LogP contribution in [0, 0.1) is 0 Å². The summed E-state index contributed by atoms with van der Waals surface area (Å²) in [5.41, 5.74) is 1.94. The number of carbonyl (C=O) groups excluding carboxylic acids is 1. The topological polar surface area (TPSA) is 45.7 Å². The molecular weight excluding hydrogens is 314 g/mol. The Hall–Kier alpha value is -2.40. The summed E-state index contributed by atoms with van der Waals surface area (Å²) >= 11 is 0. The van der Waals surface area contributed by atoms with E-state index >= 15 is 0 Å². The molecule has 1 aliphatic heterocycles. The molecule has 3 rings (SSSR count). The van der Waals surface area contributed by atoms with Crippen LogP contribution in [0.2, 0.25) is 0 Å². The number of pyridine rings is 1. The Morgan fingerprint density at radius 2 is 1.88 bits per heavy atom. The molecule has 1 aromatic heterocycles. The van der Waals surface area contributed by atoms with Crippen LogP contribution in [-0.2, 0) is 0 Å². The molecular formula is C20H25N3O2. The fourth-order valence-electron chi connectivity index (χ4n) is 3.19. The van der Waals surface area contributed by atoms with Gasteiger partial charge in [0.25, 0.3) is 5.91 Å². The van der Waals surface area contributed by atoms with Gasteiger partial charge in [-0.05, 0) is 49.7 Å². The van der Waals surface area contributed by atoms with Gasteiger partial charge in [-0.25, -0.2) is 0 Å². The molecule has 5 nitrogen and oxygen atoms in total. The summed E-state index contributed by atoms with van der Waals surface area (Å²) in [6.07, 6.45) is 3.71. The molecule has 0 bridgehead atoms. The summed E-state index contributed by atoms with van der Waals surface area (Å²) < 4.78 is 5.43. The van der Waals surface area contributed by atoms with Crippen molar-refractivity contribution in [2.24, 2.45) is 0 Å². The standard InChI is InChI=1S/C20H25N3O2/c1-3-25-19-8-6-17(7-9-19)20(24)23-13-11-22(12-14-23)16(2)18-5-4-10-21-15-18/h4-10,15-16H,3,11-14H2,1-2H3. The van der Waals surface area contributed by atoms with Crippen LogP contribution in [0.25, 0.3) is 0 Å². The second-order valence-corrected chi connectivity index (χ2v) is 6.25. The predicted octanol–water partition coefficient (Wildman–Crippen LogP) is 3.00. The van der Waals surface area contributed by atoms with Crippen LogP contribution in [0.1, 0.15) is 35.8 Å². The molecule has 0 spiro atoms. The molecule has 1 saturated heterocycles. The number of carbonyl (C=O) groups is 1. The molecule has 0 radical (unpaired) electrons. The minimum absolute atomic E-state index is 0.0942. The summed E-state index contributed by atoms with van der Waals surface area (Å²) in [6, 6.07) is 11.8. The van der Waals surface area contributed by atoms with Gasteiger partial charge in [0.2, 0.25) is 0 Å². The zero-order chi connectivity index (χ0) is 17.6. The largest absolute Gasteiger partial charge is 0.494 e. The first-order valence-electron chi connectivity index (χ1n) is 8.85. The first kappa shape index (κ1) is 17.4. The Bertz CT molecular complexity index is 680. The summed E-state index contributed by atoms with van der Waals surface area (Å²) in [7, 11) is 0. The van der Waals surface area contributed by atoms with Gasteiger partial charge in [-0.1, -0.05) is 6.07 Å². The highest BCUT2D eigenvalue weighted by atomic mass is 16.5. The third-order valence-electron chi connectivity index (χ3n) is 4.73. The van der Waals surface area contributed by atoms with E-state index in [4.69, 9.17) is 4.74 Å². The molecule has 1 aromatic carbocycles. The van der Waals surface area contributed by atoms with Crippen LogP contribution >= 0.6 is 0 Å². The van der Waals surface area contributed by atoms with Gasteiger partial charge < -0.3 is 9.64 Å². The molecule has 5 heteroatoms. The minimum atomic E-state index is 0.0942. The van der Waals surface area contributed by atoms with Crippen LogP contribution < -0.4 is 4.74 Å². The van der Waals surface area contributed by atoms with Crippen molar-refractivity contribution in [3.05, 3.63) is 59.9 Å². The Morgan fingerprint density at radius 3 is 2.48 bits per heavy atom. The molecule has 1 unspecified atom stereocenters. The Balaban J connectivity index is 1.57. The van der Waals surface area contributed by atoms with Gasteiger partial charge >= 0.3 is 0 Å². The summed E-state index contributed by atoms with van der Waals surface area (Å²) in [5.74, 6) is 0.894. The van der Waals surface area contributed by atoms with E-state index in [1.54, 1.807) is 6.20 Å². The van der Waals surface area contributed by atoms with Crippen molar-refractivity contribution >= 4 is 5.91 Å². The van der Waals surface area contributed by atoms with Gasteiger partial charge in [0, 0.05) is 50.2 Å². The molecule has 25 heavy (non-hydrogen) atoms. The number of hydrogen-bond acceptors (Lipinski definition) is 4. The molecule has 1 amide bonds. The van der Waals surface area contributed by atoms with E-state index in [1.807, 2.05) is 48.4 Å². The molecule has 0 saturated carbocycles. The number of rotatable bonds is 5. The van der Waals surface area contributed by atoms with Gasteiger partial charge in [0.1, 0.15) is 5.75 Å². The zero-order valence-electron chi connectivity index (χ0n) is 14.9. The lowest BCUT2D eigenvalue weighted by Gasteiger charge is -2.38. The number of ether oxygens (including phenoxy) is 1. The summed E-state index contributed by atoms with van der Waals surface area (Å²) in [5, 5.41) is 0. The number of aromatic nitrogens is 1. The van der Waals surface area contributed by atoms with Crippen molar-refractivity contribution in [3.63, 3.8) is 0 Å². The fraction of sp³-hybridized carbons (Fsp3) is 0.400.